The van der Waals surface area contributed by atoms with E-state index < -0.39 is 28.8 Å². The highest BCUT2D eigenvalue weighted by Gasteiger charge is 2.56. The van der Waals surface area contributed by atoms with Crippen molar-refractivity contribution >= 4 is 23.2 Å². The summed E-state index contributed by atoms with van der Waals surface area (Å²) >= 11 is 6.20. The maximum Gasteiger partial charge on any atom is 0.416 e. The van der Waals surface area contributed by atoms with E-state index >= 15 is 0 Å². The van der Waals surface area contributed by atoms with Gasteiger partial charge in [0.25, 0.3) is 5.91 Å². The fourth-order valence-corrected chi connectivity index (χ4v) is 4.20. The minimum atomic E-state index is -4.90. The van der Waals surface area contributed by atoms with E-state index in [2.05, 4.69) is 0 Å². The number of rotatable bonds is 6. The molecule has 164 valence electrons. The fraction of sp³-hybridized carbons (Fsp3) is 0.364. The van der Waals surface area contributed by atoms with Gasteiger partial charge in [-0.1, -0.05) is 43.6 Å². The van der Waals surface area contributed by atoms with Crippen LogP contribution in [0.5, 0.6) is 0 Å². The maximum absolute atomic E-state index is 14.0. The van der Waals surface area contributed by atoms with Crippen molar-refractivity contribution in [2.24, 2.45) is 0 Å². The number of nitriles is 1. The number of benzene rings is 2. The van der Waals surface area contributed by atoms with Crippen LogP contribution >= 0.6 is 11.6 Å². The lowest BCUT2D eigenvalue weighted by atomic mass is 9.84. The summed E-state index contributed by atoms with van der Waals surface area (Å²) in [5.41, 5.74) is -4.99. The van der Waals surface area contributed by atoms with Gasteiger partial charge in [0.15, 0.2) is 5.60 Å². The van der Waals surface area contributed by atoms with Gasteiger partial charge >= 0.3 is 6.18 Å². The Morgan fingerprint density at radius 3 is 2.42 bits per heavy atom. The van der Waals surface area contributed by atoms with E-state index in [4.69, 9.17) is 11.6 Å². The minimum absolute atomic E-state index is 0.0348. The third kappa shape index (κ3) is 3.89. The van der Waals surface area contributed by atoms with Crippen LogP contribution in [0.15, 0.2) is 36.4 Å². The normalized spacial score (nSPS) is 18.4. The molecule has 9 heteroatoms. The molecule has 0 radical (unpaired) electrons. The summed E-state index contributed by atoms with van der Waals surface area (Å²) in [4.78, 5) is 16.6. The Labute approximate surface area is 183 Å². The molecule has 0 fully saturated rings. The van der Waals surface area contributed by atoms with Gasteiger partial charge in [-0.2, -0.15) is 18.4 Å². The third-order valence-corrected chi connectivity index (χ3v) is 5.89. The number of hydrogen-bond acceptors (Lipinski definition) is 4. The van der Waals surface area contributed by atoms with Gasteiger partial charge in [0, 0.05) is 29.2 Å². The van der Waals surface area contributed by atoms with Crippen LogP contribution in [0.2, 0.25) is 5.02 Å². The topological polar surface area (TPSA) is 67.6 Å². The molecule has 1 heterocycles. The summed E-state index contributed by atoms with van der Waals surface area (Å²) in [5.74, 6) is -0.927. The number of likely N-dealkylation sites (N-methyl/N-ethyl adjacent to an activating group) is 1. The predicted octanol–water partition coefficient (Wildman–Crippen LogP) is 4.15. The molecule has 0 bridgehead atoms. The first-order valence-electron chi connectivity index (χ1n) is 9.77. The third-order valence-electron chi connectivity index (χ3n) is 5.56. The van der Waals surface area contributed by atoms with Crippen molar-refractivity contribution in [3.05, 3.63) is 63.7 Å². The summed E-state index contributed by atoms with van der Waals surface area (Å²) in [5, 5.41) is 20.8. The number of carbonyl (C=O) groups is 1. The molecule has 31 heavy (non-hydrogen) atoms. The average molecular weight is 452 g/mol. The average Bonchev–Trinajstić information content (AvgIpc) is 2.95. The lowest BCUT2D eigenvalue weighted by Gasteiger charge is -2.27. The van der Waals surface area contributed by atoms with Crippen molar-refractivity contribution in [3.8, 4) is 6.07 Å². The van der Waals surface area contributed by atoms with E-state index in [1.165, 1.54) is 24.3 Å². The van der Waals surface area contributed by atoms with Crippen LogP contribution in [0, 0.1) is 11.3 Å². The number of halogens is 4. The molecule has 1 atom stereocenters. The van der Waals surface area contributed by atoms with Crippen molar-refractivity contribution in [1.29, 1.82) is 5.26 Å². The van der Waals surface area contributed by atoms with Gasteiger partial charge in [0.05, 0.1) is 22.9 Å². The number of fused-ring (bicyclic) bond motifs is 1. The Bertz CT molecular complexity index is 1050. The number of anilines is 1. The van der Waals surface area contributed by atoms with Gasteiger partial charge in [-0.15, -0.1) is 0 Å². The van der Waals surface area contributed by atoms with Gasteiger partial charge in [-0.05, 0) is 31.3 Å². The van der Waals surface area contributed by atoms with E-state index in [0.717, 1.165) is 4.90 Å². The number of aliphatic hydroxyl groups is 1. The van der Waals surface area contributed by atoms with Crippen LogP contribution < -0.4 is 4.90 Å². The molecule has 0 aliphatic carbocycles. The summed E-state index contributed by atoms with van der Waals surface area (Å²) in [6.45, 7) is 5.66. The zero-order valence-electron chi connectivity index (χ0n) is 17.0. The molecule has 3 rings (SSSR count). The highest BCUT2D eigenvalue weighted by molar-refractivity contribution is 6.32. The predicted molar refractivity (Wildman–Crippen MR) is 111 cm³/mol. The quantitative estimate of drug-likeness (QED) is 0.716. The Hall–Kier alpha value is -2.60. The van der Waals surface area contributed by atoms with Crippen molar-refractivity contribution in [3.63, 3.8) is 0 Å². The maximum atomic E-state index is 14.0. The Morgan fingerprint density at radius 2 is 1.87 bits per heavy atom. The zero-order chi connectivity index (χ0) is 23.0. The molecule has 1 amide bonds. The summed E-state index contributed by atoms with van der Waals surface area (Å²) in [6.07, 6.45) is -4.90. The Morgan fingerprint density at radius 1 is 1.23 bits per heavy atom. The molecule has 2 aromatic carbocycles. The second-order valence-corrected chi connectivity index (χ2v) is 7.61. The van der Waals surface area contributed by atoms with Crippen molar-refractivity contribution in [1.82, 2.24) is 4.90 Å². The monoisotopic (exact) mass is 451 g/mol. The zero-order valence-corrected chi connectivity index (χ0v) is 17.8. The smallest absolute Gasteiger partial charge is 0.372 e. The van der Waals surface area contributed by atoms with Gasteiger partial charge < -0.3 is 14.9 Å². The lowest BCUT2D eigenvalue weighted by molar-refractivity contribution is -0.142. The highest BCUT2D eigenvalue weighted by atomic mass is 35.5. The minimum Gasteiger partial charge on any atom is -0.372 e. The van der Waals surface area contributed by atoms with E-state index in [0.29, 0.717) is 25.7 Å². The number of alkyl halides is 3. The standard InChI is InChI=1S/C22H21ClF3N3O2/c1-3-28(4-2)9-10-29-18-12-14(13-27)11-16(22(24,25)26)19(18)21(31,20(29)30)15-7-5-6-8-17(15)23/h5-8,11-12,31H,3-4,9-10H2,1-2H3. The molecule has 1 unspecified atom stereocenters. The van der Waals surface area contributed by atoms with E-state index in [-0.39, 0.29) is 28.4 Å². The van der Waals surface area contributed by atoms with Crippen molar-refractivity contribution in [2.45, 2.75) is 25.6 Å². The van der Waals surface area contributed by atoms with Crippen LogP contribution in [-0.4, -0.2) is 42.1 Å². The Balaban J connectivity index is 2.29. The van der Waals surface area contributed by atoms with E-state index in [9.17, 15) is 28.3 Å². The molecule has 0 saturated heterocycles. The Kier molecular flexibility index (Phi) is 6.33. The van der Waals surface area contributed by atoms with Crippen LogP contribution in [0.1, 0.15) is 36.1 Å². The van der Waals surface area contributed by atoms with Crippen LogP contribution in [0.3, 0.4) is 0 Å². The molecule has 1 aliphatic rings. The molecular weight excluding hydrogens is 431 g/mol. The molecule has 0 aromatic heterocycles. The van der Waals surface area contributed by atoms with Crippen molar-refractivity contribution in [2.75, 3.05) is 31.1 Å². The van der Waals surface area contributed by atoms with Crippen LogP contribution in [0.4, 0.5) is 18.9 Å². The summed E-state index contributed by atoms with van der Waals surface area (Å²) < 4.78 is 42.0. The lowest BCUT2D eigenvalue weighted by Crippen LogP contribution is -2.44. The van der Waals surface area contributed by atoms with Gasteiger partial charge in [-0.25, -0.2) is 0 Å². The highest BCUT2D eigenvalue weighted by Crippen LogP contribution is 2.51. The molecule has 0 saturated carbocycles. The number of amides is 1. The first-order valence-corrected chi connectivity index (χ1v) is 10.1. The largest absolute Gasteiger partial charge is 0.416 e. The molecule has 0 spiro atoms. The summed E-state index contributed by atoms with van der Waals surface area (Å²) in [7, 11) is 0. The van der Waals surface area contributed by atoms with Gasteiger partial charge in [-0.3, -0.25) is 4.79 Å². The second kappa shape index (κ2) is 8.50. The first kappa shape index (κ1) is 23.1. The van der Waals surface area contributed by atoms with E-state index in [1.807, 2.05) is 18.7 Å². The molecule has 5 nitrogen and oxygen atoms in total. The molecule has 1 N–H and O–H groups in total. The number of hydrogen-bond donors (Lipinski definition) is 1. The van der Waals surface area contributed by atoms with Crippen LogP contribution in [-0.2, 0) is 16.6 Å². The van der Waals surface area contributed by atoms with Crippen LogP contribution in [0.25, 0.3) is 0 Å². The molecular formula is C22H21ClF3N3O2. The van der Waals surface area contributed by atoms with Gasteiger partial charge in [0.1, 0.15) is 0 Å². The SMILES string of the molecule is CCN(CC)CCN1C(=O)C(O)(c2ccccc2Cl)c2c1cc(C#N)cc2C(F)(F)F. The number of nitrogens with zero attached hydrogens (tertiary/aromatic N) is 3. The van der Waals surface area contributed by atoms with Gasteiger partial charge in [0.2, 0.25) is 0 Å². The first-order chi connectivity index (χ1) is 14.6. The van der Waals surface area contributed by atoms with Crippen molar-refractivity contribution < 1.29 is 23.1 Å². The molecule has 2 aromatic rings. The second-order valence-electron chi connectivity index (χ2n) is 7.20. The molecule has 1 aliphatic heterocycles. The van der Waals surface area contributed by atoms with E-state index in [1.54, 1.807) is 12.1 Å². The summed E-state index contributed by atoms with van der Waals surface area (Å²) in [6, 6.07) is 9.35. The fourth-order valence-electron chi connectivity index (χ4n) is 3.93. The number of carbonyl (C=O) groups excluding carboxylic acids is 1.